The monoisotopic (exact) mass is 303 g/mol. The van der Waals surface area contributed by atoms with Gasteiger partial charge in [0.2, 0.25) is 0 Å². The van der Waals surface area contributed by atoms with E-state index in [0.29, 0.717) is 0 Å². The number of aryl methyl sites for hydroxylation is 1. The van der Waals surface area contributed by atoms with Crippen LogP contribution in [0, 0.1) is 6.92 Å². The Labute approximate surface area is 133 Å². The molecule has 120 valence electrons. The topological polar surface area (TPSA) is 27.3 Å². The first-order valence-electron chi connectivity index (χ1n) is 7.95. The Bertz CT molecular complexity index is 583. The van der Waals surface area contributed by atoms with Crippen molar-refractivity contribution in [1.82, 2.24) is 4.57 Å². The summed E-state index contributed by atoms with van der Waals surface area (Å²) in [5.74, 6) is 2.93. The summed E-state index contributed by atoms with van der Waals surface area (Å²) in [5, 5.41) is 0. The third-order valence-electron chi connectivity index (χ3n) is 4.02. The van der Waals surface area contributed by atoms with Crippen molar-refractivity contribution in [3.05, 3.63) is 42.0 Å². The van der Waals surface area contributed by atoms with E-state index in [1.807, 2.05) is 6.07 Å². The standard InChI is InChI=1S/C18H27N2O2/c1-5-6-7-8-19-9-10-20(15(19)2)14-16-11-17(21-3)13-18(12-16)22-4/h9-13H,5-8,14H2,1-4H3/q+1. The number of ether oxygens (including phenoxy) is 2. The first kappa shape index (κ1) is 16.4. The minimum Gasteiger partial charge on any atom is -0.497 e. The molecule has 0 saturated carbocycles. The quantitative estimate of drug-likeness (QED) is 0.552. The summed E-state index contributed by atoms with van der Waals surface area (Å²) in [6.07, 6.45) is 8.09. The first-order chi connectivity index (χ1) is 10.7. The van der Waals surface area contributed by atoms with Crippen LogP contribution in [0.25, 0.3) is 0 Å². The molecule has 4 nitrogen and oxygen atoms in total. The molecule has 0 saturated heterocycles. The van der Waals surface area contributed by atoms with Crippen LogP contribution in [0.5, 0.6) is 11.5 Å². The molecule has 0 unspecified atom stereocenters. The fourth-order valence-electron chi connectivity index (χ4n) is 2.63. The van der Waals surface area contributed by atoms with Crippen molar-refractivity contribution in [3.63, 3.8) is 0 Å². The summed E-state index contributed by atoms with van der Waals surface area (Å²) in [4.78, 5) is 0. The largest absolute Gasteiger partial charge is 0.497 e. The van der Waals surface area contributed by atoms with E-state index >= 15 is 0 Å². The summed E-state index contributed by atoms with van der Waals surface area (Å²) in [7, 11) is 3.36. The molecular weight excluding hydrogens is 276 g/mol. The van der Waals surface area contributed by atoms with Gasteiger partial charge in [0.1, 0.15) is 30.4 Å². The van der Waals surface area contributed by atoms with Crippen LogP contribution < -0.4 is 14.0 Å². The van der Waals surface area contributed by atoms with E-state index in [2.05, 4.69) is 47.5 Å². The smallest absolute Gasteiger partial charge is 0.253 e. The van der Waals surface area contributed by atoms with Crippen LogP contribution in [-0.2, 0) is 13.1 Å². The van der Waals surface area contributed by atoms with Gasteiger partial charge in [-0.2, -0.15) is 0 Å². The normalized spacial score (nSPS) is 10.7. The number of aromatic nitrogens is 2. The molecule has 2 rings (SSSR count). The number of hydrogen-bond acceptors (Lipinski definition) is 2. The van der Waals surface area contributed by atoms with E-state index in [1.165, 1.54) is 30.7 Å². The SMILES string of the molecule is CCCCCn1cc[n+](Cc2cc(OC)cc(OC)c2)c1C. The zero-order valence-corrected chi connectivity index (χ0v) is 14.1. The first-order valence-corrected chi connectivity index (χ1v) is 7.95. The summed E-state index contributed by atoms with van der Waals surface area (Å²) in [6, 6.07) is 6.02. The van der Waals surface area contributed by atoms with Gasteiger partial charge in [0, 0.05) is 18.6 Å². The van der Waals surface area contributed by atoms with Crippen LogP contribution in [-0.4, -0.2) is 18.8 Å². The van der Waals surface area contributed by atoms with Gasteiger partial charge in [0.05, 0.1) is 20.8 Å². The van der Waals surface area contributed by atoms with E-state index in [-0.39, 0.29) is 0 Å². The van der Waals surface area contributed by atoms with Crippen LogP contribution in [0.2, 0.25) is 0 Å². The molecule has 0 aliphatic rings. The molecule has 0 atom stereocenters. The lowest BCUT2D eigenvalue weighted by Gasteiger charge is -2.08. The molecule has 0 aliphatic carbocycles. The Balaban J connectivity index is 2.13. The molecule has 0 bridgehead atoms. The highest BCUT2D eigenvalue weighted by atomic mass is 16.5. The molecule has 1 aromatic carbocycles. The lowest BCUT2D eigenvalue weighted by molar-refractivity contribution is -0.694. The van der Waals surface area contributed by atoms with Crippen LogP contribution >= 0.6 is 0 Å². The highest BCUT2D eigenvalue weighted by Crippen LogP contribution is 2.22. The molecule has 0 fully saturated rings. The Morgan fingerprint density at radius 3 is 2.32 bits per heavy atom. The van der Waals surface area contributed by atoms with E-state index < -0.39 is 0 Å². The Kier molecular flexibility index (Phi) is 5.87. The van der Waals surface area contributed by atoms with Gasteiger partial charge in [-0.25, -0.2) is 9.13 Å². The Hall–Kier alpha value is -1.97. The second-order valence-corrected chi connectivity index (χ2v) is 5.59. The van der Waals surface area contributed by atoms with Gasteiger partial charge in [0.15, 0.2) is 0 Å². The molecule has 0 amide bonds. The summed E-state index contributed by atoms with van der Waals surface area (Å²) in [5.41, 5.74) is 1.18. The van der Waals surface area contributed by atoms with Gasteiger partial charge in [-0.3, -0.25) is 0 Å². The minimum absolute atomic E-state index is 0.820. The van der Waals surface area contributed by atoms with Crippen molar-refractivity contribution >= 4 is 0 Å². The van der Waals surface area contributed by atoms with Gasteiger partial charge >= 0.3 is 0 Å². The van der Waals surface area contributed by atoms with Gasteiger partial charge in [0.25, 0.3) is 5.82 Å². The van der Waals surface area contributed by atoms with Crippen molar-refractivity contribution < 1.29 is 14.0 Å². The minimum atomic E-state index is 0.820. The van der Waals surface area contributed by atoms with Crippen LogP contribution in [0.4, 0.5) is 0 Å². The predicted molar refractivity (Wildman–Crippen MR) is 87.5 cm³/mol. The van der Waals surface area contributed by atoms with E-state index in [0.717, 1.165) is 24.6 Å². The maximum absolute atomic E-state index is 5.34. The average Bonchev–Trinajstić information content (AvgIpc) is 2.88. The average molecular weight is 303 g/mol. The maximum atomic E-state index is 5.34. The molecule has 0 spiro atoms. The zero-order valence-electron chi connectivity index (χ0n) is 14.1. The molecule has 1 heterocycles. The van der Waals surface area contributed by atoms with E-state index in [1.54, 1.807) is 14.2 Å². The third-order valence-corrected chi connectivity index (χ3v) is 4.02. The Morgan fingerprint density at radius 1 is 1.05 bits per heavy atom. The molecule has 4 heteroatoms. The zero-order chi connectivity index (χ0) is 15.9. The number of benzene rings is 1. The molecule has 2 aromatic rings. The maximum Gasteiger partial charge on any atom is 0.253 e. The highest BCUT2D eigenvalue weighted by Gasteiger charge is 2.13. The Morgan fingerprint density at radius 2 is 1.73 bits per heavy atom. The molecular formula is C18H27N2O2+. The van der Waals surface area contributed by atoms with Gasteiger partial charge in [-0.1, -0.05) is 13.3 Å². The van der Waals surface area contributed by atoms with Gasteiger partial charge in [-0.05, 0) is 25.0 Å². The van der Waals surface area contributed by atoms with Gasteiger partial charge < -0.3 is 9.47 Å². The van der Waals surface area contributed by atoms with Crippen molar-refractivity contribution in [2.24, 2.45) is 0 Å². The summed E-state index contributed by atoms with van der Waals surface area (Å²) in [6.45, 7) is 6.32. The fraction of sp³-hybridized carbons (Fsp3) is 0.500. The van der Waals surface area contributed by atoms with Crippen molar-refractivity contribution in [2.45, 2.75) is 46.2 Å². The van der Waals surface area contributed by atoms with E-state index in [4.69, 9.17) is 9.47 Å². The van der Waals surface area contributed by atoms with Gasteiger partial charge in [-0.15, -0.1) is 0 Å². The molecule has 22 heavy (non-hydrogen) atoms. The highest BCUT2D eigenvalue weighted by molar-refractivity contribution is 5.38. The fourth-order valence-corrected chi connectivity index (χ4v) is 2.63. The molecule has 0 aliphatic heterocycles. The second kappa shape index (κ2) is 7.87. The van der Waals surface area contributed by atoms with Crippen LogP contribution in [0.3, 0.4) is 0 Å². The second-order valence-electron chi connectivity index (χ2n) is 5.59. The third kappa shape index (κ3) is 4.03. The van der Waals surface area contributed by atoms with Crippen LogP contribution in [0.15, 0.2) is 30.6 Å². The number of unbranched alkanes of at least 4 members (excludes halogenated alkanes) is 2. The van der Waals surface area contributed by atoms with Crippen molar-refractivity contribution in [1.29, 1.82) is 0 Å². The van der Waals surface area contributed by atoms with E-state index in [9.17, 15) is 0 Å². The number of rotatable bonds is 8. The molecule has 0 radical (unpaired) electrons. The summed E-state index contributed by atoms with van der Waals surface area (Å²) < 4.78 is 15.3. The number of imidazole rings is 1. The summed E-state index contributed by atoms with van der Waals surface area (Å²) >= 11 is 0. The lowest BCUT2D eigenvalue weighted by atomic mass is 10.2. The lowest BCUT2D eigenvalue weighted by Crippen LogP contribution is -2.36. The van der Waals surface area contributed by atoms with Crippen LogP contribution in [0.1, 0.15) is 37.6 Å². The predicted octanol–water partition coefficient (Wildman–Crippen LogP) is 3.34. The molecule has 0 N–H and O–H groups in total. The number of nitrogens with zero attached hydrogens (tertiary/aromatic N) is 2. The number of methoxy groups -OCH3 is 2. The number of hydrogen-bond donors (Lipinski definition) is 0. The van der Waals surface area contributed by atoms with Crippen molar-refractivity contribution in [3.8, 4) is 11.5 Å². The molecule has 1 aromatic heterocycles. The van der Waals surface area contributed by atoms with Crippen molar-refractivity contribution in [2.75, 3.05) is 14.2 Å².